The Morgan fingerprint density at radius 3 is 2.38 bits per heavy atom. The molecule has 0 rings (SSSR count). The molecular weight excluding hydrogens is 133 g/mol. The second-order valence-electron chi connectivity index (χ2n) is 1.03. The molecule has 0 aromatic rings. The van der Waals surface area contributed by atoms with Gasteiger partial charge < -0.3 is 5.11 Å². The average molecular weight is 137 g/mol. The van der Waals surface area contributed by atoms with Gasteiger partial charge in [0.2, 0.25) is 0 Å². The first kappa shape index (κ1) is 11.2. The molecule has 0 amide bonds. The second-order valence-corrected chi connectivity index (χ2v) is 1.49. The number of nitrogens with zero attached hydrogens (tertiary/aromatic N) is 1. The third kappa shape index (κ3) is 9.63. The molecule has 38 valence electrons. The van der Waals surface area contributed by atoms with E-state index < -0.39 is 0 Å². The Hall–Kier alpha value is 0.380. The Morgan fingerprint density at radius 1 is 1.75 bits per heavy atom. The zero-order chi connectivity index (χ0) is 5.70. The SMILES string of the molecule is N#CCCC([O-])=S.[Na+]. The Balaban J connectivity index is 0. The summed E-state index contributed by atoms with van der Waals surface area (Å²) >= 11 is 4.15. The second kappa shape index (κ2) is 7.38. The molecule has 0 spiro atoms. The van der Waals surface area contributed by atoms with Crippen LogP contribution in [0.4, 0.5) is 0 Å². The van der Waals surface area contributed by atoms with Crippen LogP contribution in [0.2, 0.25) is 0 Å². The summed E-state index contributed by atoms with van der Waals surface area (Å²) in [5.41, 5.74) is 0. The van der Waals surface area contributed by atoms with E-state index >= 15 is 0 Å². The van der Waals surface area contributed by atoms with E-state index in [0.29, 0.717) is 0 Å². The van der Waals surface area contributed by atoms with Crippen LogP contribution in [-0.2, 0) is 0 Å². The number of rotatable bonds is 2. The maximum Gasteiger partial charge on any atom is 1.00 e. The first-order valence-corrected chi connectivity index (χ1v) is 2.25. The Kier molecular flexibility index (Phi) is 10.3. The molecule has 0 saturated carbocycles. The summed E-state index contributed by atoms with van der Waals surface area (Å²) < 4.78 is 0. The van der Waals surface area contributed by atoms with E-state index in [1.54, 1.807) is 0 Å². The molecule has 8 heavy (non-hydrogen) atoms. The first-order chi connectivity index (χ1) is 3.27. The molecule has 0 fully saturated rings. The number of thiocarbonyl (C=S) groups is 1. The van der Waals surface area contributed by atoms with Crippen molar-refractivity contribution < 1.29 is 34.7 Å². The van der Waals surface area contributed by atoms with Crippen molar-refractivity contribution in [2.45, 2.75) is 12.8 Å². The predicted molar refractivity (Wildman–Crippen MR) is 27.4 cm³/mol. The van der Waals surface area contributed by atoms with Crippen molar-refractivity contribution in [1.29, 1.82) is 5.26 Å². The zero-order valence-electron chi connectivity index (χ0n) is 4.68. The van der Waals surface area contributed by atoms with Crippen molar-refractivity contribution in [3.63, 3.8) is 0 Å². The van der Waals surface area contributed by atoms with Crippen LogP contribution >= 0.6 is 12.2 Å². The molecular formula is C4H4NNaOS. The standard InChI is InChI=1S/C4H5NOS.Na/c5-3-1-2-4(6)7;/h1-2H2,(H,6,7);/q;+1/p-1. The van der Waals surface area contributed by atoms with Gasteiger partial charge in [-0.1, -0.05) is 5.05 Å². The van der Waals surface area contributed by atoms with Crippen molar-refractivity contribution in [1.82, 2.24) is 0 Å². The fourth-order valence-corrected chi connectivity index (χ4v) is 0.260. The third-order valence-corrected chi connectivity index (χ3v) is 0.645. The largest absolute Gasteiger partial charge is 1.00 e. The summed E-state index contributed by atoms with van der Waals surface area (Å²) in [6.07, 6.45) is 0.466. The Morgan fingerprint density at radius 2 is 2.25 bits per heavy atom. The zero-order valence-corrected chi connectivity index (χ0v) is 7.49. The smallest absolute Gasteiger partial charge is 0.867 e. The topological polar surface area (TPSA) is 46.8 Å². The molecule has 0 aliphatic heterocycles. The minimum atomic E-state index is -0.332. The fraction of sp³-hybridized carbons (Fsp3) is 0.500. The number of nitriles is 1. The molecule has 0 radical (unpaired) electrons. The molecule has 0 N–H and O–H groups in total. The summed E-state index contributed by atoms with van der Waals surface area (Å²) in [5.74, 6) is 0. The summed E-state index contributed by atoms with van der Waals surface area (Å²) in [6.45, 7) is 0. The minimum absolute atomic E-state index is 0. The van der Waals surface area contributed by atoms with Gasteiger partial charge in [0.25, 0.3) is 0 Å². The Bertz CT molecular complexity index is 109. The van der Waals surface area contributed by atoms with Gasteiger partial charge in [0.15, 0.2) is 0 Å². The van der Waals surface area contributed by atoms with Gasteiger partial charge in [0, 0.05) is 6.42 Å². The summed E-state index contributed by atoms with van der Waals surface area (Å²) in [7, 11) is 0. The summed E-state index contributed by atoms with van der Waals surface area (Å²) in [6, 6.07) is 1.81. The minimum Gasteiger partial charge on any atom is -0.867 e. The maximum atomic E-state index is 9.87. The van der Waals surface area contributed by atoms with Crippen LogP contribution in [0.1, 0.15) is 12.8 Å². The Labute approximate surface area is 75.8 Å². The van der Waals surface area contributed by atoms with E-state index in [9.17, 15) is 5.11 Å². The molecule has 0 heterocycles. The molecule has 0 unspecified atom stereocenters. The van der Waals surface area contributed by atoms with E-state index in [1.165, 1.54) is 0 Å². The van der Waals surface area contributed by atoms with Crippen molar-refractivity contribution in [2.75, 3.05) is 0 Å². The summed E-state index contributed by atoms with van der Waals surface area (Å²) in [4.78, 5) is 0. The van der Waals surface area contributed by atoms with E-state index in [-0.39, 0.29) is 47.4 Å². The quantitative estimate of drug-likeness (QED) is 0.301. The monoisotopic (exact) mass is 137 g/mol. The van der Waals surface area contributed by atoms with Gasteiger partial charge in [-0.05, 0) is 6.42 Å². The molecule has 0 saturated heterocycles. The van der Waals surface area contributed by atoms with Crippen molar-refractivity contribution in [2.24, 2.45) is 0 Å². The fourth-order valence-electron chi connectivity index (χ4n) is 0.158. The molecule has 0 bridgehead atoms. The van der Waals surface area contributed by atoms with Crippen molar-refractivity contribution in [3.8, 4) is 6.07 Å². The van der Waals surface area contributed by atoms with E-state index in [4.69, 9.17) is 5.26 Å². The van der Waals surface area contributed by atoms with Gasteiger partial charge in [0.05, 0.1) is 6.07 Å². The molecule has 0 atom stereocenters. The molecule has 0 aliphatic rings. The van der Waals surface area contributed by atoms with E-state index in [1.807, 2.05) is 6.07 Å². The van der Waals surface area contributed by atoms with Crippen LogP contribution < -0.4 is 34.7 Å². The maximum absolute atomic E-state index is 9.87. The van der Waals surface area contributed by atoms with Gasteiger partial charge in [0.1, 0.15) is 0 Å². The van der Waals surface area contributed by atoms with E-state index in [0.717, 1.165) is 0 Å². The molecule has 0 aromatic heterocycles. The summed E-state index contributed by atoms with van der Waals surface area (Å²) in [5, 5.41) is 17.4. The molecule has 2 nitrogen and oxygen atoms in total. The molecule has 0 aromatic carbocycles. The van der Waals surface area contributed by atoms with Crippen LogP contribution in [0, 0.1) is 11.3 Å². The average Bonchev–Trinajstić information content (AvgIpc) is 1.61. The van der Waals surface area contributed by atoms with Crippen LogP contribution in [0.5, 0.6) is 0 Å². The van der Waals surface area contributed by atoms with Crippen LogP contribution in [0.3, 0.4) is 0 Å². The van der Waals surface area contributed by atoms with Crippen molar-refractivity contribution in [3.05, 3.63) is 0 Å². The number of hydrogen-bond acceptors (Lipinski definition) is 3. The van der Waals surface area contributed by atoms with Gasteiger partial charge in [-0.3, -0.25) is 0 Å². The van der Waals surface area contributed by atoms with Crippen LogP contribution in [0.25, 0.3) is 0 Å². The van der Waals surface area contributed by atoms with Crippen LogP contribution in [0.15, 0.2) is 0 Å². The van der Waals surface area contributed by atoms with Gasteiger partial charge >= 0.3 is 29.6 Å². The van der Waals surface area contributed by atoms with Gasteiger partial charge in [-0.2, -0.15) is 5.26 Å². The molecule has 4 heteroatoms. The number of hydrogen-bond donors (Lipinski definition) is 0. The van der Waals surface area contributed by atoms with Crippen molar-refractivity contribution >= 4 is 17.3 Å². The predicted octanol–water partition coefficient (Wildman–Crippen LogP) is -3.02. The van der Waals surface area contributed by atoms with Crippen LogP contribution in [-0.4, -0.2) is 5.05 Å². The first-order valence-electron chi connectivity index (χ1n) is 1.84. The van der Waals surface area contributed by atoms with Gasteiger partial charge in [-0.15, -0.1) is 12.2 Å². The third-order valence-electron chi connectivity index (χ3n) is 0.441. The normalized spacial score (nSPS) is 6.38. The van der Waals surface area contributed by atoms with Gasteiger partial charge in [-0.25, -0.2) is 0 Å². The molecule has 0 aliphatic carbocycles. The van der Waals surface area contributed by atoms with E-state index in [2.05, 4.69) is 12.2 Å².